The summed E-state index contributed by atoms with van der Waals surface area (Å²) in [6.07, 6.45) is 7.86. The Morgan fingerprint density at radius 1 is 0.468 bits per heavy atom. The van der Waals surface area contributed by atoms with Crippen molar-refractivity contribution >= 4 is 52.3 Å². The molecule has 482 valence electrons. The van der Waals surface area contributed by atoms with E-state index in [2.05, 4.69) is 177 Å². The van der Waals surface area contributed by atoms with Crippen LogP contribution in [0.4, 0.5) is 0 Å². The van der Waals surface area contributed by atoms with Gasteiger partial charge in [0.15, 0.2) is 0 Å². The van der Waals surface area contributed by atoms with Gasteiger partial charge in [-0.1, -0.05) is 198 Å². The first-order chi connectivity index (χ1) is 44.5. The van der Waals surface area contributed by atoms with Crippen LogP contribution in [0.1, 0.15) is 123 Å². The van der Waals surface area contributed by atoms with Crippen molar-refractivity contribution in [3.05, 3.63) is 268 Å². The SMILES string of the molecule is CC(C)(C)c1ccc(C(=O)N[C@@H](Cc2ccc(B3OC(C)(C)C(C)(C)O3)cc2)C(=O)O)cc1.Cc1ccc(-c2ccc(-n3cc(-c4ccc(C[C@H](NC(=O)c5ccc(C(C)(C)C)cc5)C(=O)O)cc4)cn3)cc2)cc1.Cc1ccc(-c2ccc(-n3cc(Br)cn3)cc2)cc1. The van der Waals surface area contributed by atoms with E-state index >= 15 is 0 Å². The summed E-state index contributed by atoms with van der Waals surface area (Å²) in [7, 11) is -0.477. The first kappa shape index (κ1) is 68.9. The molecule has 0 radical (unpaired) electrons. The van der Waals surface area contributed by atoms with Gasteiger partial charge in [0.25, 0.3) is 11.8 Å². The predicted molar refractivity (Wildman–Crippen MR) is 378 cm³/mol. The van der Waals surface area contributed by atoms with Crippen LogP contribution < -0.4 is 16.1 Å². The number of carbonyl (C=O) groups excluding carboxylic acids is 2. The molecule has 1 aliphatic rings. The molecule has 10 aromatic rings. The summed E-state index contributed by atoms with van der Waals surface area (Å²) in [5.41, 5.74) is 15.9. The number of benzene rings is 8. The average Bonchev–Trinajstić information content (AvgIpc) is 1.63. The number of carboxylic acid groups (broad SMARTS) is 2. The number of carboxylic acids is 2. The molecule has 0 aliphatic carbocycles. The highest BCUT2D eigenvalue weighted by Crippen LogP contribution is 2.37. The van der Waals surface area contributed by atoms with Gasteiger partial charge in [-0.15, -0.1) is 0 Å². The van der Waals surface area contributed by atoms with Crippen LogP contribution in [0.15, 0.2) is 223 Å². The standard InChI is InChI=1S/C36H35N3O3.C26H34BNO5.C16H13BrN2/c1-24-5-9-26(10-6-24)27-15-19-32(20-16-27)39-23-30(22-37-39)28-11-7-25(8-12-28)21-33(35(41)42)38-34(40)29-13-17-31(18-14-29)36(2,3)4;1-24(2,3)19-12-10-18(11-13-19)22(29)28-21(23(30)31)16-17-8-14-20(15-9-17)27-32-25(4,5)26(6,7)33-27;1-12-2-4-13(5-3-12)14-6-8-16(9-7-14)19-11-15(17)10-18-19/h5-20,22-23,33H,21H2,1-4H3,(H,38,40)(H,41,42);8-15,21H,16H2,1-7H3,(H,28,29)(H,30,31);2-11H,1H3/t33-;21-;/m00./s1. The van der Waals surface area contributed by atoms with Gasteiger partial charge in [0.2, 0.25) is 0 Å². The largest absolute Gasteiger partial charge is 0.494 e. The highest BCUT2D eigenvalue weighted by molar-refractivity contribution is 9.10. The Bertz CT molecular complexity index is 4190. The van der Waals surface area contributed by atoms with Crippen LogP contribution in [-0.4, -0.2) is 83.9 Å². The Kier molecular flexibility index (Phi) is 21.4. The highest BCUT2D eigenvalue weighted by atomic mass is 79.9. The summed E-state index contributed by atoms with van der Waals surface area (Å²) < 4.78 is 16.8. The smallest absolute Gasteiger partial charge is 0.480 e. The number of halogens is 1. The van der Waals surface area contributed by atoms with Gasteiger partial charge in [-0.3, -0.25) is 9.59 Å². The maximum atomic E-state index is 12.8. The van der Waals surface area contributed by atoms with Crippen molar-refractivity contribution in [2.45, 2.75) is 130 Å². The Balaban J connectivity index is 0.000000177. The molecule has 2 amide bonds. The number of hydrogen-bond donors (Lipinski definition) is 4. The van der Waals surface area contributed by atoms with E-state index in [-0.39, 0.29) is 23.7 Å². The third-order valence-corrected chi connectivity index (χ3v) is 17.5. The van der Waals surface area contributed by atoms with E-state index in [1.165, 1.54) is 27.8 Å². The number of nitrogens with one attached hydrogen (secondary N) is 2. The topological polar surface area (TPSA) is 187 Å². The zero-order valence-corrected chi connectivity index (χ0v) is 57.0. The summed E-state index contributed by atoms with van der Waals surface area (Å²) in [5.74, 6) is -2.96. The van der Waals surface area contributed by atoms with E-state index in [0.29, 0.717) is 11.1 Å². The maximum absolute atomic E-state index is 12.8. The van der Waals surface area contributed by atoms with Gasteiger partial charge in [0, 0.05) is 41.9 Å². The van der Waals surface area contributed by atoms with Crippen molar-refractivity contribution in [2.75, 3.05) is 0 Å². The summed E-state index contributed by atoms with van der Waals surface area (Å²) in [5, 5.41) is 33.6. The lowest BCUT2D eigenvalue weighted by Crippen LogP contribution is -2.42. The fraction of sp³-hybridized carbons (Fsp3) is 0.256. The summed E-state index contributed by atoms with van der Waals surface area (Å²) in [6, 6.07) is 61.3. The van der Waals surface area contributed by atoms with E-state index in [0.717, 1.165) is 60.3 Å². The number of aliphatic carboxylic acids is 2. The molecule has 3 heterocycles. The molecule has 2 atom stereocenters. The number of amides is 2. The van der Waals surface area contributed by atoms with Gasteiger partial charge in [-0.05, 0) is 172 Å². The lowest BCUT2D eigenvalue weighted by molar-refractivity contribution is -0.140. The van der Waals surface area contributed by atoms with Crippen molar-refractivity contribution in [1.29, 1.82) is 0 Å². The molecule has 14 nitrogen and oxygen atoms in total. The number of hydrogen-bond acceptors (Lipinski definition) is 8. The van der Waals surface area contributed by atoms with Gasteiger partial charge in [-0.25, -0.2) is 19.0 Å². The lowest BCUT2D eigenvalue weighted by atomic mass is 9.78. The first-order valence-corrected chi connectivity index (χ1v) is 32.2. The lowest BCUT2D eigenvalue weighted by Gasteiger charge is -2.32. The first-order valence-electron chi connectivity index (χ1n) is 31.4. The Morgan fingerprint density at radius 2 is 0.798 bits per heavy atom. The van der Waals surface area contributed by atoms with Crippen molar-refractivity contribution in [1.82, 2.24) is 30.2 Å². The Labute approximate surface area is 560 Å². The minimum absolute atomic E-state index is 0.0230. The van der Waals surface area contributed by atoms with Crippen LogP contribution in [0.2, 0.25) is 0 Å². The van der Waals surface area contributed by atoms with E-state index in [1.807, 2.05) is 141 Å². The molecule has 11 rings (SSSR count). The summed E-state index contributed by atoms with van der Waals surface area (Å²) in [4.78, 5) is 49.2. The van der Waals surface area contributed by atoms with Gasteiger partial charge in [0.05, 0.1) is 39.4 Å². The molecule has 0 saturated carbocycles. The molecular weight excluding hydrogens is 1240 g/mol. The van der Waals surface area contributed by atoms with Gasteiger partial charge < -0.3 is 30.2 Å². The molecule has 94 heavy (non-hydrogen) atoms. The van der Waals surface area contributed by atoms with Crippen molar-refractivity contribution < 1.29 is 38.7 Å². The summed E-state index contributed by atoms with van der Waals surface area (Å²) in [6.45, 7) is 24.8. The molecule has 0 spiro atoms. The third kappa shape index (κ3) is 17.8. The third-order valence-electron chi connectivity index (χ3n) is 17.1. The van der Waals surface area contributed by atoms with Crippen LogP contribution in [-0.2, 0) is 42.6 Å². The fourth-order valence-corrected chi connectivity index (χ4v) is 10.7. The minimum Gasteiger partial charge on any atom is -0.480 e. The van der Waals surface area contributed by atoms with Crippen molar-refractivity contribution in [3.63, 3.8) is 0 Å². The molecule has 2 aromatic heterocycles. The minimum atomic E-state index is -1.08. The number of aromatic nitrogens is 4. The van der Waals surface area contributed by atoms with Gasteiger partial charge in [0.1, 0.15) is 12.1 Å². The molecule has 1 fully saturated rings. The van der Waals surface area contributed by atoms with E-state index in [9.17, 15) is 29.4 Å². The summed E-state index contributed by atoms with van der Waals surface area (Å²) >= 11 is 3.40. The second-order valence-corrected chi connectivity index (χ2v) is 27.8. The number of carbonyl (C=O) groups is 4. The monoisotopic (exact) mass is 1320 g/mol. The van der Waals surface area contributed by atoms with Crippen LogP contribution in [0.3, 0.4) is 0 Å². The molecule has 1 saturated heterocycles. The second kappa shape index (κ2) is 29.2. The Morgan fingerprint density at radius 3 is 1.15 bits per heavy atom. The zero-order chi connectivity index (χ0) is 67.7. The quantitative estimate of drug-likeness (QED) is 0.0678. The van der Waals surface area contributed by atoms with E-state index in [1.54, 1.807) is 30.5 Å². The molecule has 0 unspecified atom stereocenters. The van der Waals surface area contributed by atoms with Gasteiger partial charge in [-0.2, -0.15) is 10.2 Å². The molecule has 0 bridgehead atoms. The molecule has 8 aromatic carbocycles. The van der Waals surface area contributed by atoms with Crippen LogP contribution in [0.5, 0.6) is 0 Å². The number of nitrogens with zero attached hydrogens (tertiary/aromatic N) is 4. The average molecular weight is 1320 g/mol. The molecule has 16 heteroatoms. The molecule has 4 N–H and O–H groups in total. The van der Waals surface area contributed by atoms with Crippen LogP contribution in [0, 0.1) is 13.8 Å². The zero-order valence-electron chi connectivity index (χ0n) is 55.4. The second-order valence-electron chi connectivity index (χ2n) is 26.9. The van der Waals surface area contributed by atoms with Crippen molar-refractivity contribution in [3.8, 4) is 44.8 Å². The van der Waals surface area contributed by atoms with E-state index in [4.69, 9.17) is 9.31 Å². The Hall–Kier alpha value is -9.48. The maximum Gasteiger partial charge on any atom is 0.494 e. The predicted octanol–water partition coefficient (Wildman–Crippen LogP) is 15.6. The van der Waals surface area contributed by atoms with Crippen LogP contribution in [0.25, 0.3) is 44.8 Å². The van der Waals surface area contributed by atoms with Crippen molar-refractivity contribution in [2.24, 2.45) is 0 Å². The van der Waals surface area contributed by atoms with Gasteiger partial charge >= 0.3 is 19.1 Å². The number of rotatable bonds is 16. The highest BCUT2D eigenvalue weighted by Gasteiger charge is 2.51. The fourth-order valence-electron chi connectivity index (χ4n) is 10.4. The molecule has 1 aliphatic heterocycles. The van der Waals surface area contributed by atoms with E-state index < -0.39 is 54.2 Å². The number of aryl methyl sites for hydroxylation is 2. The molecular formula is C78H82BBrN6O8. The van der Waals surface area contributed by atoms with Crippen LogP contribution >= 0.6 is 15.9 Å². The normalized spacial score (nSPS) is 13.9.